The second kappa shape index (κ2) is 8.91. The van der Waals surface area contributed by atoms with E-state index in [4.69, 9.17) is 0 Å². The minimum Gasteiger partial charge on any atom is -0.292 e. The van der Waals surface area contributed by atoms with Gasteiger partial charge in [-0.2, -0.15) is 5.10 Å². The van der Waals surface area contributed by atoms with Crippen LogP contribution in [0.25, 0.3) is 11.1 Å². The van der Waals surface area contributed by atoms with Crippen molar-refractivity contribution in [2.45, 2.75) is 38.4 Å². The second-order valence-corrected chi connectivity index (χ2v) is 8.62. The largest absolute Gasteiger partial charge is 0.292 e. The van der Waals surface area contributed by atoms with E-state index < -0.39 is 0 Å². The number of benzene rings is 3. The van der Waals surface area contributed by atoms with Gasteiger partial charge in [-0.3, -0.25) is 9.58 Å². The lowest BCUT2D eigenvalue weighted by atomic mass is 9.83. The van der Waals surface area contributed by atoms with E-state index in [1.165, 1.54) is 39.8 Å². The third-order valence-corrected chi connectivity index (χ3v) is 6.45. The number of hydrogen-bond donors (Lipinski definition) is 0. The molecule has 31 heavy (non-hydrogen) atoms. The first-order chi connectivity index (χ1) is 15.3. The molecule has 0 spiro atoms. The van der Waals surface area contributed by atoms with E-state index in [0.29, 0.717) is 6.04 Å². The molecule has 0 saturated carbocycles. The van der Waals surface area contributed by atoms with Gasteiger partial charge in [0.15, 0.2) is 0 Å². The normalized spacial score (nSPS) is 15.7. The number of aromatic nitrogens is 2. The van der Waals surface area contributed by atoms with Crippen LogP contribution in [0.1, 0.15) is 28.7 Å². The molecule has 1 aromatic heterocycles. The van der Waals surface area contributed by atoms with Crippen molar-refractivity contribution in [2.24, 2.45) is 7.05 Å². The lowest BCUT2D eigenvalue weighted by Crippen LogP contribution is -2.38. The Labute approximate surface area is 185 Å². The van der Waals surface area contributed by atoms with Gasteiger partial charge in [0.25, 0.3) is 0 Å². The van der Waals surface area contributed by atoms with Crippen molar-refractivity contribution < 1.29 is 0 Å². The van der Waals surface area contributed by atoms with Crippen molar-refractivity contribution in [1.82, 2.24) is 14.7 Å². The van der Waals surface area contributed by atoms with Gasteiger partial charge in [0.05, 0.1) is 6.20 Å². The van der Waals surface area contributed by atoms with E-state index in [9.17, 15) is 0 Å². The van der Waals surface area contributed by atoms with Crippen molar-refractivity contribution >= 4 is 0 Å². The standard InChI is InChI=1S/C28H29N3/c1-30-21-25(18-29-30)27-14-8-13-24-15-16-26(17-28(24)27)31(19-22-9-4-2-5-10-22)20-23-11-6-3-7-12-23/h2-14,18,21,26H,15-17,19-20H2,1H3/t26-/m1/s1. The zero-order valence-electron chi connectivity index (χ0n) is 18.1. The molecule has 1 aliphatic rings. The van der Waals surface area contributed by atoms with Crippen LogP contribution in [-0.4, -0.2) is 20.7 Å². The van der Waals surface area contributed by atoms with Crippen molar-refractivity contribution in [3.8, 4) is 11.1 Å². The maximum Gasteiger partial charge on any atom is 0.0568 e. The quantitative estimate of drug-likeness (QED) is 0.412. The van der Waals surface area contributed by atoms with Gasteiger partial charge >= 0.3 is 0 Å². The van der Waals surface area contributed by atoms with Crippen molar-refractivity contribution in [1.29, 1.82) is 0 Å². The SMILES string of the molecule is Cn1cc(-c2cccc3c2C[C@H](N(Cc2ccccc2)Cc2ccccc2)CC3)cn1. The third kappa shape index (κ3) is 4.47. The van der Waals surface area contributed by atoms with Crippen molar-refractivity contribution in [3.63, 3.8) is 0 Å². The molecule has 3 aromatic carbocycles. The Morgan fingerprint density at radius 1 is 0.871 bits per heavy atom. The van der Waals surface area contributed by atoms with Crippen LogP contribution >= 0.6 is 0 Å². The van der Waals surface area contributed by atoms with Crippen LogP contribution in [0.5, 0.6) is 0 Å². The van der Waals surface area contributed by atoms with Gasteiger partial charge in [-0.1, -0.05) is 78.9 Å². The summed E-state index contributed by atoms with van der Waals surface area (Å²) in [4.78, 5) is 2.67. The third-order valence-electron chi connectivity index (χ3n) is 6.45. The highest BCUT2D eigenvalue weighted by Gasteiger charge is 2.26. The lowest BCUT2D eigenvalue weighted by Gasteiger charge is -2.36. The van der Waals surface area contributed by atoms with E-state index in [0.717, 1.165) is 25.9 Å². The number of hydrogen-bond acceptors (Lipinski definition) is 2. The fraction of sp³-hybridized carbons (Fsp3) is 0.250. The van der Waals surface area contributed by atoms with Gasteiger partial charge in [0.2, 0.25) is 0 Å². The zero-order chi connectivity index (χ0) is 21.0. The molecule has 156 valence electrons. The molecule has 0 saturated heterocycles. The van der Waals surface area contributed by atoms with E-state index in [1.54, 1.807) is 0 Å². The molecule has 3 nitrogen and oxygen atoms in total. The van der Waals surface area contributed by atoms with Gasteiger partial charge in [-0.25, -0.2) is 0 Å². The predicted molar refractivity (Wildman–Crippen MR) is 127 cm³/mol. The van der Waals surface area contributed by atoms with Crippen LogP contribution in [0, 0.1) is 0 Å². The molecule has 5 rings (SSSR count). The molecule has 0 bridgehead atoms. The van der Waals surface area contributed by atoms with Crippen molar-refractivity contribution in [2.75, 3.05) is 0 Å². The van der Waals surface area contributed by atoms with Crippen molar-refractivity contribution in [3.05, 3.63) is 114 Å². The Morgan fingerprint density at radius 2 is 1.55 bits per heavy atom. The number of rotatable bonds is 6. The highest BCUT2D eigenvalue weighted by Crippen LogP contribution is 2.34. The van der Waals surface area contributed by atoms with Crippen LogP contribution < -0.4 is 0 Å². The van der Waals surface area contributed by atoms with Crippen LogP contribution in [0.3, 0.4) is 0 Å². The van der Waals surface area contributed by atoms with E-state index in [1.807, 2.05) is 17.9 Å². The fourth-order valence-electron chi connectivity index (χ4n) is 4.86. The molecule has 0 unspecified atom stereocenters. The van der Waals surface area contributed by atoms with E-state index in [-0.39, 0.29) is 0 Å². The Morgan fingerprint density at radius 3 is 2.16 bits per heavy atom. The average Bonchev–Trinajstić information content (AvgIpc) is 3.25. The maximum absolute atomic E-state index is 4.41. The zero-order valence-corrected chi connectivity index (χ0v) is 18.1. The Balaban J connectivity index is 1.46. The second-order valence-electron chi connectivity index (χ2n) is 8.62. The smallest absolute Gasteiger partial charge is 0.0568 e. The van der Waals surface area contributed by atoms with Gasteiger partial charge in [-0.05, 0) is 47.1 Å². The highest BCUT2D eigenvalue weighted by molar-refractivity contribution is 5.68. The first-order valence-electron chi connectivity index (χ1n) is 11.2. The monoisotopic (exact) mass is 407 g/mol. The summed E-state index contributed by atoms with van der Waals surface area (Å²) >= 11 is 0. The minimum absolute atomic E-state index is 0.519. The summed E-state index contributed by atoms with van der Waals surface area (Å²) in [6.07, 6.45) is 7.53. The molecule has 0 fully saturated rings. The predicted octanol–water partition coefficient (Wildman–Crippen LogP) is 5.65. The number of aryl methyl sites for hydroxylation is 2. The summed E-state index contributed by atoms with van der Waals surface area (Å²) in [5.41, 5.74) is 8.32. The maximum atomic E-state index is 4.41. The number of fused-ring (bicyclic) bond motifs is 1. The topological polar surface area (TPSA) is 21.1 Å². The molecule has 0 aliphatic heterocycles. The number of nitrogens with zero attached hydrogens (tertiary/aromatic N) is 3. The molecule has 0 radical (unpaired) electrons. The summed E-state index contributed by atoms with van der Waals surface area (Å²) in [5.74, 6) is 0. The summed E-state index contributed by atoms with van der Waals surface area (Å²) in [6.45, 7) is 1.95. The molecule has 1 heterocycles. The summed E-state index contributed by atoms with van der Waals surface area (Å²) < 4.78 is 1.89. The summed E-state index contributed by atoms with van der Waals surface area (Å²) in [5, 5.41) is 4.41. The van der Waals surface area contributed by atoms with Gasteiger partial charge in [0.1, 0.15) is 0 Å². The van der Waals surface area contributed by atoms with E-state index in [2.05, 4.69) is 95.1 Å². The molecule has 0 N–H and O–H groups in total. The molecule has 4 aromatic rings. The molecule has 1 aliphatic carbocycles. The Hall–Kier alpha value is -3.17. The minimum atomic E-state index is 0.519. The van der Waals surface area contributed by atoms with Crippen LogP contribution in [0.15, 0.2) is 91.3 Å². The van der Waals surface area contributed by atoms with E-state index >= 15 is 0 Å². The van der Waals surface area contributed by atoms with Gasteiger partial charge in [0, 0.05) is 37.9 Å². The van der Waals surface area contributed by atoms with Crippen LogP contribution in [0.2, 0.25) is 0 Å². The lowest BCUT2D eigenvalue weighted by molar-refractivity contribution is 0.162. The Bertz CT molecular complexity index is 1090. The van der Waals surface area contributed by atoms with Gasteiger partial charge in [-0.15, -0.1) is 0 Å². The average molecular weight is 408 g/mol. The molecule has 3 heteroatoms. The summed E-state index contributed by atoms with van der Waals surface area (Å²) in [6, 6.07) is 29.1. The highest BCUT2D eigenvalue weighted by atomic mass is 15.2. The molecule has 0 amide bonds. The first kappa shape index (κ1) is 19.8. The fourth-order valence-corrected chi connectivity index (χ4v) is 4.86. The van der Waals surface area contributed by atoms with Crippen LogP contribution in [0.4, 0.5) is 0 Å². The first-order valence-corrected chi connectivity index (χ1v) is 11.2. The molecular weight excluding hydrogens is 378 g/mol. The Kier molecular flexibility index (Phi) is 5.68. The molecule has 1 atom stereocenters. The summed E-state index contributed by atoms with van der Waals surface area (Å²) in [7, 11) is 1.99. The van der Waals surface area contributed by atoms with Crippen LogP contribution in [-0.2, 0) is 33.0 Å². The van der Waals surface area contributed by atoms with Gasteiger partial charge < -0.3 is 0 Å². The molecular formula is C28H29N3.